The third-order valence-electron chi connectivity index (χ3n) is 19.9. The minimum absolute atomic E-state index is 0.00562. The molecular formula is C83H136N24O16S. The number of aromatic amines is 1. The quantitative estimate of drug-likeness (QED) is 0.0163. The number of amides is 14. The number of carboxylic acids is 1. The highest BCUT2D eigenvalue weighted by Crippen LogP contribution is 2.18. The fourth-order valence-corrected chi connectivity index (χ4v) is 13.5. The van der Waals surface area contributed by atoms with Crippen molar-refractivity contribution in [3.05, 3.63) is 90.0 Å². The van der Waals surface area contributed by atoms with Gasteiger partial charge in [0.15, 0.2) is 11.9 Å². The number of aromatic nitrogens is 2. The number of benzene rings is 2. The predicted octanol–water partition coefficient (Wildman–Crippen LogP) is -2.12. The summed E-state index contributed by atoms with van der Waals surface area (Å²) in [6.07, 6.45) is 4.90. The van der Waals surface area contributed by atoms with E-state index < -0.39 is 186 Å². The number of hydrogen-bond acceptors (Lipinski definition) is 21. The van der Waals surface area contributed by atoms with Gasteiger partial charge in [0.05, 0.1) is 18.9 Å². The van der Waals surface area contributed by atoms with Crippen molar-refractivity contribution in [2.24, 2.45) is 79.7 Å². The van der Waals surface area contributed by atoms with Crippen molar-refractivity contribution < 1.29 is 77.0 Å². The number of guanidine groups is 2. The molecule has 40 nitrogen and oxygen atoms in total. The van der Waals surface area contributed by atoms with Crippen LogP contribution in [0.2, 0.25) is 0 Å². The van der Waals surface area contributed by atoms with Gasteiger partial charge in [-0.05, 0) is 143 Å². The summed E-state index contributed by atoms with van der Waals surface area (Å²) in [5.41, 5.74) is 41.8. The van der Waals surface area contributed by atoms with E-state index in [9.17, 15) is 77.0 Å². The number of aliphatic carboxylic acids is 1. The van der Waals surface area contributed by atoms with E-state index in [4.69, 9.17) is 40.1 Å². The summed E-state index contributed by atoms with van der Waals surface area (Å²) in [5, 5.41) is 44.8. The van der Waals surface area contributed by atoms with Crippen LogP contribution in [0, 0.1) is 29.6 Å². The third-order valence-corrected chi connectivity index (χ3v) is 20.6. The lowest BCUT2D eigenvalue weighted by molar-refractivity contribution is -0.142. The average Bonchev–Trinajstić information content (AvgIpc) is 1.08. The van der Waals surface area contributed by atoms with Crippen molar-refractivity contribution in [1.82, 2.24) is 79.1 Å². The van der Waals surface area contributed by atoms with E-state index in [1.807, 2.05) is 13.8 Å². The number of thioether (sulfide) groups is 1. The van der Waals surface area contributed by atoms with Gasteiger partial charge in [-0.1, -0.05) is 136 Å². The topological polar surface area (TPSA) is 668 Å². The van der Waals surface area contributed by atoms with Crippen LogP contribution in [0.4, 0.5) is 0 Å². The Bertz CT molecular complexity index is 3960. The Morgan fingerprint density at radius 3 is 1.30 bits per heavy atom. The van der Waals surface area contributed by atoms with E-state index in [1.54, 1.807) is 122 Å². The number of aliphatic imine (C=N–C) groups is 2. The second kappa shape index (κ2) is 57.0. The van der Waals surface area contributed by atoms with Crippen molar-refractivity contribution in [1.29, 1.82) is 0 Å². The summed E-state index contributed by atoms with van der Waals surface area (Å²) >= 11 is 1.39. The second-order valence-corrected chi connectivity index (χ2v) is 33.4. The largest absolute Gasteiger partial charge is 0.480 e. The second-order valence-electron chi connectivity index (χ2n) is 32.5. The first kappa shape index (κ1) is 107. The van der Waals surface area contributed by atoms with Gasteiger partial charge in [0, 0.05) is 44.2 Å². The van der Waals surface area contributed by atoms with Gasteiger partial charge in [-0.3, -0.25) is 77.1 Å². The molecule has 0 saturated carbocycles. The highest BCUT2D eigenvalue weighted by Gasteiger charge is 2.39. The first-order valence-corrected chi connectivity index (χ1v) is 43.6. The lowest BCUT2D eigenvalue weighted by Gasteiger charge is -2.30. The fourth-order valence-electron chi connectivity index (χ4n) is 13.0. The number of carbonyl (C=O) groups excluding carboxylic acids is 14. The maximum Gasteiger partial charge on any atom is 0.326 e. The zero-order valence-corrected chi connectivity index (χ0v) is 74.1. The van der Waals surface area contributed by atoms with Gasteiger partial charge < -0.3 is 119 Å². The molecule has 0 unspecified atom stereocenters. The van der Waals surface area contributed by atoms with Crippen molar-refractivity contribution in [3.8, 4) is 0 Å². The SMILES string of the molecule is CC[C@H](C)[C@H](NC(=O)[C@H](CC(C)C)NC(=O)[C@H](Cc1cnc[nH]1)NC(=O)[C@H](CCC(N)=O)NC(=O)[C@@H](N)Cc1ccccc1)C(=O)N[C@@H](CC(C)C)C(=O)N[C@@H](CCCN=C(N)N)C(=O)NCC(=O)N[C@@H](CCCCN)C(=O)N[C@H](C(=O)N[C@@H](CCCN=C(N)N)C(=O)N[C@@H](Cc1ccccc1)C(=O)N[C@@H](CC(C)C)C(=O)N[C@@H](CCSC)C(=O)O)C(C)C. The van der Waals surface area contributed by atoms with E-state index in [1.165, 1.54) is 24.3 Å². The minimum atomic E-state index is -1.44. The molecule has 1 heterocycles. The number of nitrogens with zero attached hydrogens (tertiary/aromatic N) is 3. The van der Waals surface area contributed by atoms with E-state index >= 15 is 0 Å². The smallest absolute Gasteiger partial charge is 0.326 e. The molecule has 0 fully saturated rings. The summed E-state index contributed by atoms with van der Waals surface area (Å²) in [6, 6.07) is 0.0110. The molecule has 690 valence electrons. The predicted molar refractivity (Wildman–Crippen MR) is 471 cm³/mol. The molecule has 14 atom stereocenters. The normalized spacial score (nSPS) is 14.6. The molecule has 0 spiro atoms. The number of carboxylic acid groups (broad SMARTS) is 1. The number of imidazole rings is 1. The van der Waals surface area contributed by atoms with Crippen molar-refractivity contribution >= 4 is 112 Å². The molecule has 124 heavy (non-hydrogen) atoms. The zero-order chi connectivity index (χ0) is 92.7. The Balaban J connectivity index is 1.93. The van der Waals surface area contributed by atoms with Crippen LogP contribution in [0.5, 0.6) is 0 Å². The Kier molecular flexibility index (Phi) is 49.1. The van der Waals surface area contributed by atoms with Crippen molar-refractivity contribution in [2.75, 3.05) is 38.2 Å². The molecule has 0 aliphatic carbocycles. The first-order valence-electron chi connectivity index (χ1n) is 42.2. The molecule has 14 amide bonds. The highest BCUT2D eigenvalue weighted by atomic mass is 32.2. The lowest BCUT2D eigenvalue weighted by Crippen LogP contribution is -2.61. The molecule has 1 aromatic heterocycles. The van der Waals surface area contributed by atoms with Crippen LogP contribution in [0.25, 0.3) is 0 Å². The Labute approximate surface area is 729 Å². The lowest BCUT2D eigenvalue weighted by atomic mass is 9.95. The number of H-pyrrole nitrogens is 1. The van der Waals surface area contributed by atoms with Gasteiger partial charge in [-0.25, -0.2) is 9.78 Å². The summed E-state index contributed by atoms with van der Waals surface area (Å²) < 4.78 is 0. The van der Waals surface area contributed by atoms with Crippen LogP contribution >= 0.6 is 11.8 Å². The fraction of sp³-hybridized carbons (Fsp3) is 0.614. The summed E-state index contributed by atoms with van der Waals surface area (Å²) in [6.45, 7) is 16.9. The van der Waals surface area contributed by atoms with E-state index in [-0.39, 0.29) is 146 Å². The maximum absolute atomic E-state index is 14.8. The standard InChI is InChI=1S/C83H136N24O16S/c1-12-50(10)68(107-78(119)62(39-48(6)7)102-77(118)64(42-53-43-91-45-95-53)104-72(113)58(30-31-65(86)108)97-69(110)54(85)40-51-23-15-13-16-24-51)80(121)105-61(38-47(4)5)74(115)98-55(28-21-34-92-82(87)88)70(111)94-44-66(109)96-56(27-19-20-33-84)73(114)106-67(49(8)9)79(120)99-57(29-22-35-93-83(89)90)71(112)103-63(41-52-25-17-14-18-26-52)76(117)101-60(37-46(2)3)75(116)100-59(81(122)123)32-36-124-11/h13-18,23-26,43,45-50,54-64,67-68H,12,19-22,27-42,44,84-85H2,1-11H3,(H2,86,108)(H,91,95)(H,94,111)(H,96,109)(H,97,110)(H,98,115)(H,99,120)(H,100,116)(H,101,117)(H,102,118)(H,103,112)(H,104,113)(H,105,121)(H,106,114)(H,107,119)(H,122,123)(H4,87,88,92)(H4,89,90,93)/t50-,54-,55-,56-,57-,58-,59-,60-,61-,62-,63-,64-,67-,68-/m0/s1. The molecule has 0 aliphatic rings. The number of rotatable bonds is 60. The van der Waals surface area contributed by atoms with E-state index in [0.29, 0.717) is 29.9 Å². The van der Waals surface area contributed by atoms with Crippen LogP contribution in [0.3, 0.4) is 0 Å². The molecule has 3 rings (SSSR count). The first-order chi connectivity index (χ1) is 58.7. The molecule has 41 heteroatoms. The summed E-state index contributed by atoms with van der Waals surface area (Å²) in [5.74, 6) is -14.9. The molecular weight excluding hydrogens is 1620 g/mol. The number of nitrogens with one attached hydrogen (secondary N) is 14. The van der Waals surface area contributed by atoms with Crippen LogP contribution in [0.1, 0.15) is 176 Å². The molecule has 0 aliphatic heterocycles. The van der Waals surface area contributed by atoms with E-state index in [2.05, 4.69) is 89.1 Å². The van der Waals surface area contributed by atoms with Gasteiger partial charge in [-0.2, -0.15) is 11.8 Å². The number of carbonyl (C=O) groups is 15. The molecule has 0 bridgehead atoms. The van der Waals surface area contributed by atoms with Crippen LogP contribution in [-0.4, -0.2) is 232 Å². The molecule has 0 radical (unpaired) electrons. The van der Waals surface area contributed by atoms with Gasteiger partial charge in [0.2, 0.25) is 82.7 Å². The van der Waals surface area contributed by atoms with Gasteiger partial charge in [-0.15, -0.1) is 0 Å². The monoisotopic (exact) mass is 1760 g/mol. The van der Waals surface area contributed by atoms with Crippen LogP contribution in [0.15, 0.2) is 83.2 Å². The maximum atomic E-state index is 14.8. The number of primary amides is 1. The van der Waals surface area contributed by atoms with Crippen LogP contribution < -0.4 is 109 Å². The van der Waals surface area contributed by atoms with Crippen LogP contribution in [-0.2, 0) is 91.2 Å². The molecule has 2 aromatic carbocycles. The van der Waals surface area contributed by atoms with Crippen molar-refractivity contribution in [3.63, 3.8) is 0 Å². The average molecular weight is 1760 g/mol. The Morgan fingerprint density at radius 2 is 0.839 bits per heavy atom. The van der Waals surface area contributed by atoms with Crippen molar-refractivity contribution in [2.45, 2.75) is 257 Å². The minimum Gasteiger partial charge on any atom is -0.480 e. The number of nitrogens with two attached hydrogens (primary N) is 7. The summed E-state index contributed by atoms with van der Waals surface area (Å²) in [7, 11) is 0. The van der Waals surface area contributed by atoms with E-state index in [0.717, 1.165) is 5.56 Å². The Hall–Kier alpha value is -11.5. The third kappa shape index (κ3) is 41.6. The van der Waals surface area contributed by atoms with Gasteiger partial charge in [0.25, 0.3) is 0 Å². The molecule has 0 saturated heterocycles. The Morgan fingerprint density at radius 1 is 0.444 bits per heavy atom. The number of unbranched alkanes of at least 4 members (excludes halogenated alkanes) is 1. The zero-order valence-electron chi connectivity index (χ0n) is 73.2. The highest BCUT2D eigenvalue weighted by molar-refractivity contribution is 7.98. The molecule has 3 aromatic rings. The number of hydrogen-bond donors (Lipinski definition) is 22. The van der Waals surface area contributed by atoms with Gasteiger partial charge >= 0.3 is 5.97 Å². The summed E-state index contributed by atoms with van der Waals surface area (Å²) in [4.78, 5) is 226. The van der Waals surface area contributed by atoms with Gasteiger partial charge in [0.1, 0.15) is 72.5 Å². The molecule has 29 N–H and O–H groups in total.